The highest BCUT2D eigenvalue weighted by molar-refractivity contribution is 7.13. The molecule has 3 nitrogen and oxygen atoms in total. The zero-order chi connectivity index (χ0) is 12.5. The van der Waals surface area contributed by atoms with Gasteiger partial charge in [0.2, 0.25) is 0 Å². The van der Waals surface area contributed by atoms with E-state index in [-0.39, 0.29) is 6.42 Å². The average molecular weight is 257 g/mol. The first-order chi connectivity index (χ1) is 8.72. The lowest BCUT2D eigenvalue weighted by atomic mass is 10.2. The molecule has 0 amide bonds. The Balaban J connectivity index is 2.04. The molecule has 0 fully saturated rings. The Morgan fingerprint density at radius 1 is 1.28 bits per heavy atom. The molecular formula is C14H11NO2S. The van der Waals surface area contributed by atoms with Crippen LogP contribution in [0.5, 0.6) is 0 Å². The number of aliphatic carboxylic acids is 1. The Morgan fingerprint density at radius 3 is 2.89 bits per heavy atom. The van der Waals surface area contributed by atoms with E-state index in [0.29, 0.717) is 0 Å². The van der Waals surface area contributed by atoms with Crippen LogP contribution in [0.1, 0.15) is 5.56 Å². The first-order valence-electron chi connectivity index (χ1n) is 5.59. The zero-order valence-electron chi connectivity index (χ0n) is 9.54. The van der Waals surface area contributed by atoms with Gasteiger partial charge in [-0.1, -0.05) is 6.07 Å². The summed E-state index contributed by atoms with van der Waals surface area (Å²) in [5.41, 5.74) is 2.99. The van der Waals surface area contributed by atoms with Crippen molar-refractivity contribution >= 4 is 22.8 Å². The maximum Gasteiger partial charge on any atom is 0.307 e. The summed E-state index contributed by atoms with van der Waals surface area (Å²) in [6, 6.07) is 10.1. The second-order valence-electron chi connectivity index (χ2n) is 4.15. The molecule has 4 heteroatoms. The van der Waals surface area contributed by atoms with Gasteiger partial charge in [0.15, 0.2) is 0 Å². The summed E-state index contributed by atoms with van der Waals surface area (Å²) in [6.45, 7) is 0. The molecular weight excluding hydrogens is 246 g/mol. The van der Waals surface area contributed by atoms with E-state index in [1.54, 1.807) is 11.3 Å². The Bertz CT molecular complexity index is 698. The summed E-state index contributed by atoms with van der Waals surface area (Å²) in [4.78, 5) is 11.9. The lowest BCUT2D eigenvalue weighted by Crippen LogP contribution is -1.98. The third-order valence-electron chi connectivity index (χ3n) is 2.81. The van der Waals surface area contributed by atoms with Gasteiger partial charge in [-0.05, 0) is 35.2 Å². The first kappa shape index (κ1) is 11.0. The van der Waals surface area contributed by atoms with Gasteiger partial charge in [0.25, 0.3) is 0 Å². The highest BCUT2D eigenvalue weighted by Gasteiger charge is 2.05. The highest BCUT2D eigenvalue weighted by Crippen LogP contribution is 2.25. The molecule has 0 bridgehead atoms. The van der Waals surface area contributed by atoms with Crippen LogP contribution in [-0.4, -0.2) is 15.5 Å². The largest absolute Gasteiger partial charge is 0.481 e. The third kappa shape index (κ3) is 2.02. The van der Waals surface area contributed by atoms with E-state index in [9.17, 15) is 4.79 Å². The Morgan fingerprint density at radius 2 is 2.17 bits per heavy atom. The van der Waals surface area contributed by atoms with Gasteiger partial charge >= 0.3 is 5.97 Å². The van der Waals surface area contributed by atoms with Crippen LogP contribution in [0.4, 0.5) is 0 Å². The van der Waals surface area contributed by atoms with Crippen molar-refractivity contribution in [3.05, 3.63) is 53.7 Å². The van der Waals surface area contributed by atoms with Crippen LogP contribution < -0.4 is 0 Å². The number of carbonyl (C=O) groups is 1. The van der Waals surface area contributed by atoms with Gasteiger partial charge in [-0.25, -0.2) is 0 Å². The number of fused-ring (bicyclic) bond motifs is 1. The number of rotatable bonds is 3. The number of hydrogen-bond donors (Lipinski definition) is 1. The molecule has 0 unspecified atom stereocenters. The minimum absolute atomic E-state index is 0.0655. The smallest absolute Gasteiger partial charge is 0.307 e. The molecule has 3 aromatic rings. The summed E-state index contributed by atoms with van der Waals surface area (Å²) in [5.74, 6) is -0.801. The second kappa shape index (κ2) is 4.31. The van der Waals surface area contributed by atoms with Crippen LogP contribution in [0.25, 0.3) is 16.0 Å². The van der Waals surface area contributed by atoms with Crippen LogP contribution in [0.3, 0.4) is 0 Å². The molecule has 0 radical (unpaired) electrons. The molecule has 0 saturated carbocycles. The van der Waals surface area contributed by atoms with Crippen molar-refractivity contribution in [3.8, 4) is 10.4 Å². The number of pyridine rings is 1. The summed E-state index contributed by atoms with van der Waals surface area (Å²) in [6.07, 6.45) is 3.98. The predicted molar refractivity (Wildman–Crippen MR) is 72.0 cm³/mol. The Hall–Kier alpha value is -2.07. The van der Waals surface area contributed by atoms with Gasteiger partial charge < -0.3 is 9.51 Å². The average Bonchev–Trinajstić information content (AvgIpc) is 2.94. The molecule has 0 aliphatic rings. The van der Waals surface area contributed by atoms with Crippen LogP contribution in [-0.2, 0) is 11.2 Å². The maximum atomic E-state index is 10.7. The van der Waals surface area contributed by atoms with Crippen LogP contribution >= 0.6 is 11.3 Å². The number of aromatic nitrogens is 1. The minimum atomic E-state index is -0.801. The summed E-state index contributed by atoms with van der Waals surface area (Å²) in [7, 11) is 0. The lowest BCUT2D eigenvalue weighted by Gasteiger charge is -1.99. The van der Waals surface area contributed by atoms with Crippen molar-refractivity contribution in [1.29, 1.82) is 0 Å². The molecule has 0 saturated heterocycles. The predicted octanol–water partition coefficient (Wildman–Crippen LogP) is 3.29. The molecule has 0 spiro atoms. The van der Waals surface area contributed by atoms with Gasteiger partial charge in [0.05, 0.1) is 6.42 Å². The SMILES string of the molecule is O=C(O)Cc1cc2ccc(-c3cccs3)cn2c1. The van der Waals surface area contributed by atoms with Crippen molar-refractivity contribution in [2.24, 2.45) is 0 Å². The summed E-state index contributed by atoms with van der Waals surface area (Å²) < 4.78 is 1.98. The van der Waals surface area contributed by atoms with E-state index >= 15 is 0 Å². The lowest BCUT2D eigenvalue weighted by molar-refractivity contribution is -0.136. The van der Waals surface area contributed by atoms with Crippen LogP contribution in [0.15, 0.2) is 48.1 Å². The molecule has 3 aromatic heterocycles. The van der Waals surface area contributed by atoms with Gasteiger partial charge in [0, 0.05) is 28.4 Å². The van der Waals surface area contributed by atoms with E-state index < -0.39 is 5.97 Å². The second-order valence-corrected chi connectivity index (χ2v) is 5.09. The maximum absolute atomic E-state index is 10.7. The third-order valence-corrected chi connectivity index (χ3v) is 3.73. The summed E-state index contributed by atoms with van der Waals surface area (Å²) in [5, 5.41) is 10.8. The molecule has 0 atom stereocenters. The quantitative estimate of drug-likeness (QED) is 0.782. The van der Waals surface area contributed by atoms with Crippen molar-refractivity contribution < 1.29 is 9.90 Å². The number of carboxylic acid groups (broad SMARTS) is 1. The van der Waals surface area contributed by atoms with Crippen molar-refractivity contribution in [1.82, 2.24) is 4.40 Å². The normalized spacial score (nSPS) is 10.9. The van der Waals surface area contributed by atoms with E-state index in [1.165, 1.54) is 4.88 Å². The summed E-state index contributed by atoms with van der Waals surface area (Å²) >= 11 is 1.69. The standard InChI is InChI=1S/C14H11NO2S/c16-14(17)7-10-6-12-4-3-11(9-15(12)8-10)13-2-1-5-18-13/h1-6,8-9H,7H2,(H,16,17). The van der Waals surface area contributed by atoms with E-state index in [4.69, 9.17) is 5.11 Å². The molecule has 1 N–H and O–H groups in total. The van der Waals surface area contributed by atoms with Crippen LogP contribution in [0, 0.1) is 0 Å². The van der Waals surface area contributed by atoms with Crippen molar-refractivity contribution in [2.45, 2.75) is 6.42 Å². The van der Waals surface area contributed by atoms with Crippen molar-refractivity contribution in [2.75, 3.05) is 0 Å². The number of hydrogen-bond acceptors (Lipinski definition) is 2. The fourth-order valence-electron chi connectivity index (χ4n) is 2.03. The molecule has 90 valence electrons. The Kier molecular flexibility index (Phi) is 2.64. The first-order valence-corrected chi connectivity index (χ1v) is 6.47. The fourth-order valence-corrected chi connectivity index (χ4v) is 2.75. The molecule has 0 aliphatic heterocycles. The van der Waals surface area contributed by atoms with Gasteiger partial charge in [-0.3, -0.25) is 4.79 Å². The number of carboxylic acids is 1. The molecule has 3 rings (SSSR count). The topological polar surface area (TPSA) is 41.7 Å². The highest BCUT2D eigenvalue weighted by atomic mass is 32.1. The number of nitrogens with zero attached hydrogens (tertiary/aromatic N) is 1. The van der Waals surface area contributed by atoms with Gasteiger partial charge in [0.1, 0.15) is 0 Å². The zero-order valence-corrected chi connectivity index (χ0v) is 10.4. The van der Waals surface area contributed by atoms with E-state index in [1.807, 2.05) is 40.4 Å². The fraction of sp³-hybridized carbons (Fsp3) is 0.0714. The number of thiophene rings is 1. The van der Waals surface area contributed by atoms with Crippen LogP contribution in [0.2, 0.25) is 0 Å². The molecule has 0 aromatic carbocycles. The van der Waals surface area contributed by atoms with Gasteiger partial charge in [-0.15, -0.1) is 11.3 Å². The van der Waals surface area contributed by atoms with Gasteiger partial charge in [-0.2, -0.15) is 0 Å². The van der Waals surface area contributed by atoms with E-state index in [2.05, 4.69) is 12.1 Å². The molecule has 3 heterocycles. The molecule has 0 aliphatic carbocycles. The van der Waals surface area contributed by atoms with E-state index in [0.717, 1.165) is 16.6 Å². The minimum Gasteiger partial charge on any atom is -0.481 e. The van der Waals surface area contributed by atoms with Crippen molar-refractivity contribution in [3.63, 3.8) is 0 Å². The monoisotopic (exact) mass is 257 g/mol. The molecule has 18 heavy (non-hydrogen) atoms. The Labute approximate surface area is 108 Å².